The van der Waals surface area contributed by atoms with E-state index < -0.39 is 0 Å². The van der Waals surface area contributed by atoms with Gasteiger partial charge in [-0.15, -0.1) is 0 Å². The zero-order valence-corrected chi connectivity index (χ0v) is 10.5. The van der Waals surface area contributed by atoms with Gasteiger partial charge in [-0.1, -0.05) is 13.8 Å². The Balaban J connectivity index is 1.96. The van der Waals surface area contributed by atoms with Crippen LogP contribution >= 0.6 is 0 Å². The van der Waals surface area contributed by atoms with Gasteiger partial charge in [0.15, 0.2) is 0 Å². The summed E-state index contributed by atoms with van der Waals surface area (Å²) in [5.74, 6) is 3.56. The molecule has 2 nitrogen and oxygen atoms in total. The van der Waals surface area contributed by atoms with Crippen LogP contribution in [0.5, 0.6) is 0 Å². The highest BCUT2D eigenvalue weighted by Gasteiger charge is 2.57. The smallest absolute Gasteiger partial charge is 0.136 e. The van der Waals surface area contributed by atoms with Gasteiger partial charge in [0.2, 0.25) is 0 Å². The van der Waals surface area contributed by atoms with Crippen LogP contribution < -0.4 is 0 Å². The molecule has 0 aromatic rings. The van der Waals surface area contributed by atoms with E-state index in [1.54, 1.807) is 6.92 Å². The number of carbonyl (C=O) groups excluding carboxylic acids is 2. The number of rotatable bonds is 4. The molecule has 4 atom stereocenters. The van der Waals surface area contributed by atoms with E-state index >= 15 is 0 Å². The number of fused-ring (bicyclic) bond motifs is 1. The van der Waals surface area contributed by atoms with E-state index in [1.807, 2.05) is 0 Å². The number of ketones is 2. The third-order valence-corrected chi connectivity index (χ3v) is 4.46. The van der Waals surface area contributed by atoms with Crippen LogP contribution in [0, 0.1) is 29.6 Å². The summed E-state index contributed by atoms with van der Waals surface area (Å²) in [6.45, 7) is 5.98. The fourth-order valence-corrected chi connectivity index (χ4v) is 3.70. The Morgan fingerprint density at radius 1 is 1.44 bits per heavy atom. The van der Waals surface area contributed by atoms with Crippen LogP contribution in [0.1, 0.15) is 46.5 Å². The highest BCUT2D eigenvalue weighted by Crippen LogP contribution is 2.60. The van der Waals surface area contributed by atoms with Crippen molar-refractivity contribution in [1.29, 1.82) is 0 Å². The molecular weight excluding hydrogens is 200 g/mol. The van der Waals surface area contributed by atoms with Gasteiger partial charge in [0.05, 0.1) is 0 Å². The van der Waals surface area contributed by atoms with Crippen LogP contribution in [-0.4, -0.2) is 11.6 Å². The van der Waals surface area contributed by atoms with E-state index in [4.69, 9.17) is 0 Å². The average molecular weight is 222 g/mol. The van der Waals surface area contributed by atoms with E-state index in [9.17, 15) is 9.59 Å². The lowest BCUT2D eigenvalue weighted by atomic mass is 9.80. The van der Waals surface area contributed by atoms with Gasteiger partial charge in [0, 0.05) is 18.8 Å². The van der Waals surface area contributed by atoms with Crippen molar-refractivity contribution in [3.8, 4) is 0 Å². The monoisotopic (exact) mass is 222 g/mol. The summed E-state index contributed by atoms with van der Waals surface area (Å²) < 4.78 is 0. The summed E-state index contributed by atoms with van der Waals surface area (Å²) in [5.41, 5.74) is 0. The maximum absolute atomic E-state index is 11.9. The number of hydrogen-bond donors (Lipinski definition) is 0. The summed E-state index contributed by atoms with van der Waals surface area (Å²) in [6.07, 6.45) is 3.58. The van der Waals surface area contributed by atoms with Crippen LogP contribution in [0.25, 0.3) is 0 Å². The molecule has 0 aliphatic heterocycles. The van der Waals surface area contributed by atoms with Crippen molar-refractivity contribution >= 4 is 11.6 Å². The zero-order valence-electron chi connectivity index (χ0n) is 10.5. The lowest BCUT2D eigenvalue weighted by Crippen LogP contribution is -2.26. The van der Waals surface area contributed by atoms with Gasteiger partial charge < -0.3 is 4.79 Å². The predicted octanol–water partition coefficient (Wildman–Crippen LogP) is 2.85. The maximum Gasteiger partial charge on any atom is 0.136 e. The molecule has 2 aliphatic rings. The first-order chi connectivity index (χ1) is 7.52. The van der Waals surface area contributed by atoms with Crippen LogP contribution in [0.4, 0.5) is 0 Å². The van der Waals surface area contributed by atoms with Gasteiger partial charge in [-0.05, 0) is 43.4 Å². The quantitative estimate of drug-likeness (QED) is 0.733. The summed E-state index contributed by atoms with van der Waals surface area (Å²) in [6, 6.07) is 0. The minimum absolute atomic E-state index is 0.288. The molecule has 0 bridgehead atoms. The third-order valence-electron chi connectivity index (χ3n) is 4.46. The fourth-order valence-electron chi connectivity index (χ4n) is 3.70. The van der Waals surface area contributed by atoms with Crippen molar-refractivity contribution in [3.63, 3.8) is 0 Å². The Morgan fingerprint density at radius 3 is 2.69 bits per heavy atom. The molecule has 2 fully saturated rings. The topological polar surface area (TPSA) is 34.1 Å². The zero-order chi connectivity index (χ0) is 11.9. The lowest BCUT2D eigenvalue weighted by Gasteiger charge is -2.23. The third kappa shape index (κ3) is 2.07. The van der Waals surface area contributed by atoms with Gasteiger partial charge in [-0.2, -0.15) is 0 Å². The standard InChI is InChI=1S/C14H22O2/c1-8(2)13-12(16)7-6-11-10(14(11)13)5-4-9(3)15/h8,10-11,13-14H,4-7H2,1-3H3/t10-,11-,13-,14+/m1/s1. The molecule has 0 aromatic heterocycles. The first-order valence-electron chi connectivity index (χ1n) is 6.54. The van der Waals surface area contributed by atoms with Crippen molar-refractivity contribution < 1.29 is 9.59 Å². The second-order valence-electron chi connectivity index (χ2n) is 5.92. The second kappa shape index (κ2) is 4.31. The molecule has 0 spiro atoms. The first-order valence-corrected chi connectivity index (χ1v) is 6.54. The Hall–Kier alpha value is -0.660. The summed E-state index contributed by atoms with van der Waals surface area (Å²) in [5, 5.41) is 0. The minimum atomic E-state index is 0.288. The summed E-state index contributed by atoms with van der Waals surface area (Å²) >= 11 is 0. The molecule has 90 valence electrons. The highest BCUT2D eigenvalue weighted by molar-refractivity contribution is 5.83. The van der Waals surface area contributed by atoms with E-state index in [1.165, 1.54) is 0 Å². The minimum Gasteiger partial charge on any atom is -0.300 e. The fraction of sp³-hybridized carbons (Fsp3) is 0.857. The van der Waals surface area contributed by atoms with Crippen molar-refractivity contribution in [3.05, 3.63) is 0 Å². The van der Waals surface area contributed by atoms with Crippen LogP contribution in [0.2, 0.25) is 0 Å². The van der Waals surface area contributed by atoms with E-state index in [2.05, 4.69) is 13.8 Å². The molecule has 2 saturated carbocycles. The van der Waals surface area contributed by atoms with Gasteiger partial charge in [-0.3, -0.25) is 4.79 Å². The van der Waals surface area contributed by atoms with Crippen molar-refractivity contribution in [2.24, 2.45) is 29.6 Å². The van der Waals surface area contributed by atoms with Gasteiger partial charge in [0.25, 0.3) is 0 Å². The molecule has 2 rings (SSSR count). The van der Waals surface area contributed by atoms with E-state index in [0.717, 1.165) is 25.2 Å². The number of Topliss-reactive ketones (excluding diaryl/α,β-unsaturated/α-hetero) is 2. The SMILES string of the molecule is CC(=O)CC[C@@H]1[C@H]2CCC(=O)[C@@H](C(C)C)[C@@H]12. The Labute approximate surface area is 97.8 Å². The van der Waals surface area contributed by atoms with Gasteiger partial charge >= 0.3 is 0 Å². The molecule has 0 heterocycles. The van der Waals surface area contributed by atoms with Crippen LogP contribution in [0.3, 0.4) is 0 Å². The van der Waals surface area contributed by atoms with Crippen molar-refractivity contribution in [1.82, 2.24) is 0 Å². The van der Waals surface area contributed by atoms with Gasteiger partial charge in [0.1, 0.15) is 11.6 Å². The molecule has 2 heteroatoms. The molecule has 0 aromatic carbocycles. The first kappa shape index (κ1) is 11.8. The molecular formula is C14H22O2. The Bertz CT molecular complexity index is 306. The second-order valence-corrected chi connectivity index (χ2v) is 5.92. The average Bonchev–Trinajstić information content (AvgIpc) is 2.87. The number of hydrogen-bond acceptors (Lipinski definition) is 2. The maximum atomic E-state index is 11.9. The molecule has 0 amide bonds. The Morgan fingerprint density at radius 2 is 2.12 bits per heavy atom. The van der Waals surface area contributed by atoms with Crippen LogP contribution in [-0.2, 0) is 9.59 Å². The molecule has 0 saturated heterocycles. The molecule has 0 radical (unpaired) electrons. The van der Waals surface area contributed by atoms with E-state index in [0.29, 0.717) is 30.0 Å². The summed E-state index contributed by atoms with van der Waals surface area (Å²) in [4.78, 5) is 22.9. The lowest BCUT2D eigenvalue weighted by molar-refractivity contribution is -0.126. The number of carbonyl (C=O) groups is 2. The molecule has 16 heavy (non-hydrogen) atoms. The summed E-state index contributed by atoms with van der Waals surface area (Å²) in [7, 11) is 0. The normalized spacial score (nSPS) is 37.4. The molecule has 0 unspecified atom stereocenters. The largest absolute Gasteiger partial charge is 0.300 e. The van der Waals surface area contributed by atoms with Crippen LogP contribution in [0.15, 0.2) is 0 Å². The van der Waals surface area contributed by atoms with Gasteiger partial charge in [-0.25, -0.2) is 0 Å². The Kier molecular flexibility index (Phi) is 3.18. The molecule has 0 N–H and O–H groups in total. The highest BCUT2D eigenvalue weighted by atomic mass is 16.1. The van der Waals surface area contributed by atoms with E-state index in [-0.39, 0.29) is 11.7 Å². The van der Waals surface area contributed by atoms with Crippen molar-refractivity contribution in [2.75, 3.05) is 0 Å². The predicted molar refractivity (Wildman–Crippen MR) is 63.0 cm³/mol. The molecule has 2 aliphatic carbocycles. The van der Waals surface area contributed by atoms with Crippen molar-refractivity contribution in [2.45, 2.75) is 46.5 Å².